The number of β-amino-alcohol motifs (C(OH)–C–C–N with tert-alkyl or cyclic N) is 1. The van der Waals surface area contributed by atoms with Gasteiger partial charge in [0.15, 0.2) is 0 Å². The van der Waals surface area contributed by atoms with Crippen molar-refractivity contribution in [2.45, 2.75) is 43.9 Å². The fourth-order valence-corrected chi connectivity index (χ4v) is 4.15. The molecule has 3 atom stereocenters. The van der Waals surface area contributed by atoms with Crippen LogP contribution in [0.1, 0.15) is 25.7 Å². The van der Waals surface area contributed by atoms with Gasteiger partial charge in [-0.05, 0) is 12.8 Å². The number of carbonyl (C=O) groups is 2. The summed E-state index contributed by atoms with van der Waals surface area (Å²) >= 11 is 0. The van der Waals surface area contributed by atoms with E-state index in [1.807, 2.05) is 0 Å². The van der Waals surface area contributed by atoms with E-state index in [9.17, 15) is 23.1 Å². The molecule has 0 bridgehead atoms. The normalized spacial score (nSPS) is 31.3. The Hall–Kier alpha value is -1.19. The fourth-order valence-electron chi connectivity index (χ4n) is 3.03. The maximum Gasteiger partial charge on any atom is 0.326 e. The van der Waals surface area contributed by atoms with Crippen LogP contribution in [0.5, 0.6) is 0 Å². The van der Waals surface area contributed by atoms with E-state index < -0.39 is 40.1 Å². The quantitative estimate of drug-likeness (QED) is 0.678. The van der Waals surface area contributed by atoms with Crippen LogP contribution in [0.3, 0.4) is 0 Å². The molecule has 2 heterocycles. The van der Waals surface area contributed by atoms with E-state index in [0.717, 1.165) is 21.9 Å². The molecule has 3 unspecified atom stereocenters. The van der Waals surface area contributed by atoms with Crippen molar-refractivity contribution < 1.29 is 28.2 Å². The van der Waals surface area contributed by atoms with Crippen molar-refractivity contribution in [1.29, 1.82) is 0 Å². The molecule has 21 heavy (non-hydrogen) atoms. The number of piperidine rings is 1. The first-order valence-electron chi connectivity index (χ1n) is 6.90. The average Bonchev–Trinajstić information content (AvgIpc) is 2.79. The predicted molar refractivity (Wildman–Crippen MR) is 72.9 cm³/mol. The number of carboxylic acid groups (broad SMARTS) is 1. The van der Waals surface area contributed by atoms with Crippen molar-refractivity contribution >= 4 is 21.9 Å². The van der Waals surface area contributed by atoms with Gasteiger partial charge in [-0.25, -0.2) is 13.2 Å². The summed E-state index contributed by atoms with van der Waals surface area (Å²) in [5.74, 6) is -1.70. The van der Waals surface area contributed by atoms with E-state index in [2.05, 4.69) is 0 Å². The van der Waals surface area contributed by atoms with Gasteiger partial charge in [-0.2, -0.15) is 4.31 Å². The lowest BCUT2D eigenvalue weighted by molar-refractivity contribution is -0.150. The van der Waals surface area contributed by atoms with Crippen LogP contribution in [-0.4, -0.2) is 77.2 Å². The third-order valence-corrected chi connectivity index (χ3v) is 5.30. The second-order valence-electron chi connectivity index (χ2n) is 5.62. The molecule has 2 aliphatic rings. The van der Waals surface area contributed by atoms with Crippen molar-refractivity contribution in [2.75, 3.05) is 19.3 Å². The summed E-state index contributed by atoms with van der Waals surface area (Å²) in [7, 11) is -3.52. The molecule has 1 amide bonds. The van der Waals surface area contributed by atoms with E-state index in [4.69, 9.17) is 5.11 Å². The lowest BCUT2D eigenvalue weighted by Gasteiger charge is -2.35. The van der Waals surface area contributed by atoms with Crippen molar-refractivity contribution in [3.8, 4) is 0 Å². The summed E-state index contributed by atoms with van der Waals surface area (Å²) in [6, 6.07) is -1.95. The molecule has 2 rings (SSSR count). The molecule has 120 valence electrons. The second-order valence-corrected chi connectivity index (χ2v) is 7.55. The molecule has 0 aromatic rings. The van der Waals surface area contributed by atoms with Crippen molar-refractivity contribution in [3.05, 3.63) is 0 Å². The number of nitrogens with zero attached hydrogens (tertiary/aromatic N) is 2. The highest BCUT2D eigenvalue weighted by molar-refractivity contribution is 7.88. The SMILES string of the molecule is CS(=O)(=O)N1CCCCC1C(=O)N1CC(O)CC1C(=O)O. The minimum absolute atomic E-state index is 0.0212. The van der Waals surface area contributed by atoms with Gasteiger partial charge in [0.25, 0.3) is 0 Å². The van der Waals surface area contributed by atoms with Crippen LogP contribution < -0.4 is 0 Å². The third-order valence-electron chi connectivity index (χ3n) is 4.01. The summed E-state index contributed by atoms with van der Waals surface area (Å²) in [5, 5.41) is 18.7. The number of carboxylic acids is 1. The number of carbonyl (C=O) groups excluding carboxylic acids is 1. The molecule has 0 radical (unpaired) electrons. The van der Waals surface area contributed by atoms with Crippen LogP contribution >= 0.6 is 0 Å². The smallest absolute Gasteiger partial charge is 0.326 e. The molecular formula is C12H20N2O6S. The molecule has 2 N–H and O–H groups in total. The van der Waals surface area contributed by atoms with Gasteiger partial charge in [-0.1, -0.05) is 6.42 Å². The van der Waals surface area contributed by atoms with Crippen molar-refractivity contribution in [1.82, 2.24) is 9.21 Å². The van der Waals surface area contributed by atoms with Crippen LogP contribution in [-0.2, 0) is 19.6 Å². The summed E-state index contributed by atoms with van der Waals surface area (Å²) < 4.78 is 24.7. The van der Waals surface area contributed by atoms with Gasteiger partial charge in [0.05, 0.1) is 12.4 Å². The number of amides is 1. The molecule has 9 heteroatoms. The van der Waals surface area contributed by atoms with E-state index in [-0.39, 0.29) is 19.5 Å². The molecule has 2 fully saturated rings. The zero-order chi connectivity index (χ0) is 15.8. The Kier molecular flexibility index (Phi) is 4.54. The minimum Gasteiger partial charge on any atom is -0.480 e. The number of sulfonamides is 1. The molecule has 0 aromatic carbocycles. The minimum atomic E-state index is -3.52. The Morgan fingerprint density at radius 3 is 2.43 bits per heavy atom. The Balaban J connectivity index is 2.22. The number of hydrogen-bond acceptors (Lipinski definition) is 5. The molecule has 2 saturated heterocycles. The van der Waals surface area contributed by atoms with Gasteiger partial charge < -0.3 is 15.1 Å². The highest BCUT2D eigenvalue weighted by Gasteiger charge is 2.44. The highest BCUT2D eigenvalue weighted by Crippen LogP contribution is 2.26. The second kappa shape index (κ2) is 5.90. The zero-order valence-electron chi connectivity index (χ0n) is 11.8. The molecule has 2 aliphatic heterocycles. The standard InChI is InChI=1S/C12H20N2O6S/c1-21(19,20)14-5-3-2-4-9(14)11(16)13-7-8(15)6-10(13)12(17)18/h8-10,15H,2-7H2,1H3,(H,17,18). The number of hydrogen-bond donors (Lipinski definition) is 2. The lowest BCUT2D eigenvalue weighted by atomic mass is 10.0. The van der Waals surface area contributed by atoms with E-state index in [1.54, 1.807) is 0 Å². The summed E-state index contributed by atoms with van der Waals surface area (Å²) in [6.45, 7) is 0.202. The number of aliphatic carboxylic acids is 1. The summed E-state index contributed by atoms with van der Waals surface area (Å²) in [4.78, 5) is 24.8. The molecule has 0 saturated carbocycles. The lowest BCUT2D eigenvalue weighted by Crippen LogP contribution is -2.54. The van der Waals surface area contributed by atoms with Gasteiger partial charge in [-0.3, -0.25) is 4.79 Å². The molecule has 0 aromatic heterocycles. The monoisotopic (exact) mass is 320 g/mol. The Bertz CT molecular complexity index is 534. The summed E-state index contributed by atoms with van der Waals surface area (Å²) in [5.41, 5.74) is 0. The van der Waals surface area contributed by atoms with E-state index in [0.29, 0.717) is 12.8 Å². The average molecular weight is 320 g/mol. The first kappa shape index (κ1) is 16.2. The zero-order valence-corrected chi connectivity index (χ0v) is 12.6. The number of rotatable bonds is 3. The largest absolute Gasteiger partial charge is 0.480 e. The third kappa shape index (κ3) is 3.35. The maximum absolute atomic E-state index is 12.6. The Labute approximate surface area is 123 Å². The van der Waals surface area contributed by atoms with E-state index >= 15 is 0 Å². The Morgan fingerprint density at radius 1 is 1.19 bits per heavy atom. The van der Waals surface area contributed by atoms with Crippen LogP contribution in [0.15, 0.2) is 0 Å². The maximum atomic E-state index is 12.6. The van der Waals surface area contributed by atoms with Crippen molar-refractivity contribution in [3.63, 3.8) is 0 Å². The number of likely N-dealkylation sites (tertiary alicyclic amines) is 1. The molecular weight excluding hydrogens is 300 g/mol. The molecule has 8 nitrogen and oxygen atoms in total. The molecule has 0 spiro atoms. The fraction of sp³-hybridized carbons (Fsp3) is 0.833. The highest BCUT2D eigenvalue weighted by atomic mass is 32.2. The van der Waals surface area contributed by atoms with Crippen LogP contribution in [0.2, 0.25) is 0 Å². The summed E-state index contributed by atoms with van der Waals surface area (Å²) in [6.07, 6.45) is 1.92. The van der Waals surface area contributed by atoms with Crippen LogP contribution in [0, 0.1) is 0 Å². The first-order valence-corrected chi connectivity index (χ1v) is 8.75. The van der Waals surface area contributed by atoms with Crippen LogP contribution in [0.25, 0.3) is 0 Å². The number of aliphatic hydroxyl groups excluding tert-OH is 1. The van der Waals surface area contributed by atoms with E-state index in [1.165, 1.54) is 0 Å². The topological polar surface area (TPSA) is 115 Å². The van der Waals surface area contributed by atoms with Crippen molar-refractivity contribution in [2.24, 2.45) is 0 Å². The van der Waals surface area contributed by atoms with Gasteiger partial charge in [0.2, 0.25) is 15.9 Å². The number of aliphatic hydroxyl groups is 1. The van der Waals surface area contributed by atoms with Gasteiger partial charge >= 0.3 is 5.97 Å². The predicted octanol–water partition coefficient (Wildman–Crippen LogP) is -1.15. The Morgan fingerprint density at radius 2 is 1.86 bits per heavy atom. The van der Waals surface area contributed by atoms with Gasteiger partial charge in [0, 0.05) is 19.5 Å². The molecule has 0 aliphatic carbocycles. The van der Waals surface area contributed by atoms with Gasteiger partial charge in [0.1, 0.15) is 12.1 Å². The first-order chi connectivity index (χ1) is 9.71. The van der Waals surface area contributed by atoms with Crippen LogP contribution in [0.4, 0.5) is 0 Å². The van der Waals surface area contributed by atoms with Gasteiger partial charge in [-0.15, -0.1) is 0 Å².